The first-order valence-corrected chi connectivity index (χ1v) is 8.93. The molecule has 0 heterocycles. The second-order valence-electron chi connectivity index (χ2n) is 4.59. The lowest BCUT2D eigenvalue weighted by molar-refractivity contribution is -0.136. The van der Waals surface area contributed by atoms with Gasteiger partial charge >= 0.3 is 6.18 Å². The molecule has 10 heteroatoms. The quantitative estimate of drug-likeness (QED) is 0.727. The molecule has 0 aromatic heterocycles. The van der Waals surface area contributed by atoms with Crippen LogP contribution in [0.1, 0.15) is 5.56 Å². The molecule has 0 aliphatic rings. The van der Waals surface area contributed by atoms with Crippen LogP contribution in [-0.2, 0) is 16.2 Å². The third-order valence-corrected chi connectivity index (χ3v) is 5.18. The predicted molar refractivity (Wildman–Crippen MR) is 88.0 cm³/mol. The molecule has 0 atom stereocenters. The SMILES string of the molecule is COc1ccc(S(=O)(=O)Nc2ccc(Cl)cc2C(F)(F)F)cc1Br. The molecule has 2 aromatic carbocycles. The largest absolute Gasteiger partial charge is 0.496 e. The Morgan fingerprint density at radius 3 is 2.38 bits per heavy atom. The molecule has 0 amide bonds. The number of anilines is 1. The number of nitrogens with one attached hydrogen (secondary N) is 1. The molecule has 24 heavy (non-hydrogen) atoms. The highest BCUT2D eigenvalue weighted by molar-refractivity contribution is 9.10. The molecule has 0 aliphatic heterocycles. The molecule has 130 valence electrons. The van der Waals surface area contributed by atoms with Gasteiger partial charge in [-0.3, -0.25) is 4.72 Å². The Balaban J connectivity index is 2.45. The lowest BCUT2D eigenvalue weighted by atomic mass is 10.2. The van der Waals surface area contributed by atoms with Gasteiger partial charge in [-0.2, -0.15) is 13.2 Å². The molecule has 4 nitrogen and oxygen atoms in total. The van der Waals surface area contributed by atoms with Gasteiger partial charge in [-0.15, -0.1) is 0 Å². The summed E-state index contributed by atoms with van der Waals surface area (Å²) in [6.45, 7) is 0. The van der Waals surface area contributed by atoms with Gasteiger partial charge in [0, 0.05) is 5.02 Å². The van der Waals surface area contributed by atoms with E-state index in [0.717, 1.165) is 6.07 Å². The molecule has 1 N–H and O–H groups in total. The van der Waals surface area contributed by atoms with E-state index in [1.807, 2.05) is 4.72 Å². The maximum Gasteiger partial charge on any atom is 0.418 e. The number of benzene rings is 2. The van der Waals surface area contributed by atoms with Gasteiger partial charge in [0.1, 0.15) is 5.75 Å². The molecule has 0 fully saturated rings. The van der Waals surface area contributed by atoms with Crippen molar-refractivity contribution >= 4 is 43.2 Å². The van der Waals surface area contributed by atoms with E-state index in [-0.39, 0.29) is 9.92 Å². The van der Waals surface area contributed by atoms with Crippen LogP contribution in [0.5, 0.6) is 5.75 Å². The molecule has 2 aromatic rings. The topological polar surface area (TPSA) is 55.4 Å². The number of sulfonamides is 1. The number of ether oxygens (including phenoxy) is 1. The minimum Gasteiger partial charge on any atom is -0.496 e. The Labute approximate surface area is 149 Å². The minimum absolute atomic E-state index is 0.155. The van der Waals surface area contributed by atoms with Crippen LogP contribution >= 0.6 is 27.5 Å². The normalized spacial score (nSPS) is 12.1. The molecule has 0 aliphatic carbocycles. The van der Waals surface area contributed by atoms with Crippen molar-refractivity contribution in [3.8, 4) is 5.75 Å². The molecular weight excluding hydrogens is 435 g/mol. The van der Waals surface area contributed by atoms with Crippen LogP contribution in [-0.4, -0.2) is 15.5 Å². The monoisotopic (exact) mass is 443 g/mol. The molecule has 0 spiro atoms. The average Bonchev–Trinajstić information content (AvgIpc) is 2.47. The van der Waals surface area contributed by atoms with Gasteiger partial charge in [0.15, 0.2) is 0 Å². The van der Waals surface area contributed by atoms with E-state index >= 15 is 0 Å². The molecule has 0 unspecified atom stereocenters. The molecule has 0 saturated heterocycles. The lowest BCUT2D eigenvalue weighted by Crippen LogP contribution is -2.17. The highest BCUT2D eigenvalue weighted by Crippen LogP contribution is 2.37. The lowest BCUT2D eigenvalue weighted by Gasteiger charge is -2.15. The maximum absolute atomic E-state index is 13.1. The molecule has 0 radical (unpaired) electrons. The highest BCUT2D eigenvalue weighted by atomic mass is 79.9. The minimum atomic E-state index is -4.76. The van der Waals surface area contributed by atoms with Gasteiger partial charge in [-0.05, 0) is 52.3 Å². The zero-order valence-corrected chi connectivity index (χ0v) is 15.1. The molecule has 0 saturated carbocycles. The van der Waals surface area contributed by atoms with E-state index in [1.165, 1.54) is 31.4 Å². The zero-order valence-electron chi connectivity index (χ0n) is 12.0. The van der Waals surface area contributed by atoms with Crippen LogP contribution in [0, 0.1) is 0 Å². The smallest absolute Gasteiger partial charge is 0.418 e. The van der Waals surface area contributed by atoms with Crippen molar-refractivity contribution in [2.24, 2.45) is 0 Å². The first-order chi connectivity index (χ1) is 11.0. The van der Waals surface area contributed by atoms with E-state index in [1.54, 1.807) is 0 Å². The fourth-order valence-corrected chi connectivity index (χ4v) is 3.83. The Morgan fingerprint density at radius 1 is 1.17 bits per heavy atom. The number of methoxy groups -OCH3 is 1. The number of alkyl halides is 3. The Hall–Kier alpha value is -1.45. The Kier molecular flexibility index (Phi) is 5.36. The van der Waals surface area contributed by atoms with Gasteiger partial charge in [-0.25, -0.2) is 8.42 Å². The Bertz CT molecular complexity index is 872. The first kappa shape index (κ1) is 18.9. The van der Waals surface area contributed by atoms with E-state index in [9.17, 15) is 21.6 Å². The second-order valence-corrected chi connectivity index (χ2v) is 7.56. The third kappa shape index (κ3) is 4.14. The van der Waals surface area contributed by atoms with Gasteiger partial charge in [-0.1, -0.05) is 11.6 Å². The van der Waals surface area contributed by atoms with Gasteiger partial charge in [0.25, 0.3) is 10.0 Å². The van der Waals surface area contributed by atoms with Crippen molar-refractivity contribution in [1.82, 2.24) is 0 Å². The summed E-state index contributed by atoms with van der Waals surface area (Å²) >= 11 is 8.69. The standard InChI is InChI=1S/C14H10BrClF3NO3S/c1-23-13-5-3-9(7-11(13)15)24(21,22)20-12-4-2-8(16)6-10(12)14(17,18)19/h2-7,20H,1H3. The van der Waals surface area contributed by atoms with Crippen LogP contribution in [0.2, 0.25) is 5.02 Å². The van der Waals surface area contributed by atoms with Gasteiger partial charge < -0.3 is 4.74 Å². The predicted octanol–water partition coefficient (Wildman–Crippen LogP) is 4.93. The fourth-order valence-electron chi connectivity index (χ4n) is 1.86. The molecule has 0 bridgehead atoms. The number of hydrogen-bond acceptors (Lipinski definition) is 3. The Morgan fingerprint density at radius 2 is 1.83 bits per heavy atom. The summed E-state index contributed by atoms with van der Waals surface area (Å²) in [6, 6.07) is 6.61. The van der Waals surface area contributed by atoms with Crippen LogP contribution in [0.15, 0.2) is 45.8 Å². The van der Waals surface area contributed by atoms with E-state index in [2.05, 4.69) is 15.9 Å². The van der Waals surface area contributed by atoms with Crippen molar-refractivity contribution in [2.75, 3.05) is 11.8 Å². The van der Waals surface area contributed by atoms with Crippen molar-refractivity contribution in [3.63, 3.8) is 0 Å². The van der Waals surface area contributed by atoms with Crippen molar-refractivity contribution < 1.29 is 26.3 Å². The number of halogens is 5. The first-order valence-electron chi connectivity index (χ1n) is 6.27. The number of hydrogen-bond donors (Lipinski definition) is 1. The summed E-state index contributed by atoms with van der Waals surface area (Å²) in [4.78, 5) is -0.224. The van der Waals surface area contributed by atoms with Gasteiger partial charge in [0.05, 0.1) is 27.7 Å². The van der Waals surface area contributed by atoms with Crippen molar-refractivity contribution in [3.05, 3.63) is 51.5 Å². The molecule has 2 rings (SSSR count). The summed E-state index contributed by atoms with van der Waals surface area (Å²) in [5.41, 5.74) is -1.79. The van der Waals surface area contributed by atoms with Gasteiger partial charge in [0.2, 0.25) is 0 Å². The number of rotatable bonds is 4. The second kappa shape index (κ2) is 6.81. The summed E-state index contributed by atoms with van der Waals surface area (Å²) in [5.74, 6) is 0.386. The summed E-state index contributed by atoms with van der Waals surface area (Å²) in [7, 11) is -2.84. The third-order valence-electron chi connectivity index (χ3n) is 2.96. The van der Waals surface area contributed by atoms with Crippen LogP contribution in [0.25, 0.3) is 0 Å². The zero-order chi connectivity index (χ0) is 18.1. The highest BCUT2D eigenvalue weighted by Gasteiger charge is 2.35. The van der Waals surface area contributed by atoms with E-state index in [0.29, 0.717) is 16.3 Å². The van der Waals surface area contributed by atoms with Crippen LogP contribution < -0.4 is 9.46 Å². The molecular formula is C14H10BrClF3NO3S. The maximum atomic E-state index is 13.1. The summed E-state index contributed by atoms with van der Waals surface area (Å²) < 4.78 is 71.1. The van der Waals surface area contributed by atoms with Crippen molar-refractivity contribution in [1.29, 1.82) is 0 Å². The average molecular weight is 445 g/mol. The fraction of sp³-hybridized carbons (Fsp3) is 0.143. The van der Waals surface area contributed by atoms with E-state index in [4.69, 9.17) is 16.3 Å². The van der Waals surface area contributed by atoms with Crippen LogP contribution in [0.3, 0.4) is 0 Å². The van der Waals surface area contributed by atoms with Crippen LogP contribution in [0.4, 0.5) is 18.9 Å². The van der Waals surface area contributed by atoms with E-state index < -0.39 is 27.5 Å². The van der Waals surface area contributed by atoms with Crippen molar-refractivity contribution in [2.45, 2.75) is 11.1 Å². The summed E-state index contributed by atoms with van der Waals surface area (Å²) in [6.07, 6.45) is -4.76. The summed E-state index contributed by atoms with van der Waals surface area (Å²) in [5, 5.41) is -0.155.